The number of hydroxylamine groups is 2. The summed E-state index contributed by atoms with van der Waals surface area (Å²) in [4.78, 5) is 30.3. The number of aliphatic carboxylic acids is 1. The van der Waals surface area contributed by atoms with Gasteiger partial charge in [0, 0.05) is 6.54 Å². The molecule has 6 heteroatoms. The molecule has 0 aromatic heterocycles. The molecule has 2 heterocycles. The van der Waals surface area contributed by atoms with Crippen LogP contribution >= 0.6 is 0 Å². The fraction of sp³-hybridized carbons (Fsp3) is 0.429. The highest BCUT2D eigenvalue weighted by Crippen LogP contribution is 2.30. The van der Waals surface area contributed by atoms with Crippen molar-refractivity contribution in [1.82, 2.24) is 9.96 Å². The Balaban J connectivity index is 1.67. The smallest absolute Gasteiger partial charge is 0.345 e. The molecular formula is C14H16N2O4. The number of carboxylic acids is 1. The maximum absolute atomic E-state index is 12.2. The number of fused-ring (bicyclic) bond motifs is 2. The van der Waals surface area contributed by atoms with Crippen LogP contribution in [-0.4, -0.2) is 45.7 Å². The summed E-state index contributed by atoms with van der Waals surface area (Å²) in [5.41, 5.74) is 0.978. The normalized spacial score (nSPS) is 25.1. The molecule has 20 heavy (non-hydrogen) atoms. The minimum Gasteiger partial charge on any atom is -0.480 e. The van der Waals surface area contributed by atoms with Crippen LogP contribution in [0.15, 0.2) is 30.3 Å². The summed E-state index contributed by atoms with van der Waals surface area (Å²) in [6.07, 6.45) is 1.14. The molecule has 0 spiro atoms. The Morgan fingerprint density at radius 1 is 1.30 bits per heavy atom. The summed E-state index contributed by atoms with van der Waals surface area (Å²) in [6, 6.07) is 8.49. The third-order valence-electron chi connectivity index (χ3n) is 3.82. The van der Waals surface area contributed by atoms with Crippen molar-refractivity contribution in [2.45, 2.75) is 31.5 Å². The molecule has 0 unspecified atom stereocenters. The molecule has 3 rings (SSSR count). The van der Waals surface area contributed by atoms with Gasteiger partial charge < -0.3 is 10.0 Å². The molecule has 2 saturated heterocycles. The topological polar surface area (TPSA) is 70.1 Å². The lowest BCUT2D eigenvalue weighted by Crippen LogP contribution is -2.44. The number of hydrogen-bond acceptors (Lipinski definition) is 3. The van der Waals surface area contributed by atoms with Crippen LogP contribution in [0, 0.1) is 0 Å². The van der Waals surface area contributed by atoms with Gasteiger partial charge in [-0.1, -0.05) is 30.3 Å². The van der Waals surface area contributed by atoms with Gasteiger partial charge >= 0.3 is 12.0 Å². The molecule has 1 aromatic rings. The summed E-state index contributed by atoms with van der Waals surface area (Å²) in [5.74, 6) is -0.943. The first-order valence-electron chi connectivity index (χ1n) is 6.66. The van der Waals surface area contributed by atoms with Crippen LogP contribution in [0.4, 0.5) is 4.79 Å². The summed E-state index contributed by atoms with van der Waals surface area (Å²) in [5, 5.41) is 10.5. The molecule has 0 radical (unpaired) electrons. The van der Waals surface area contributed by atoms with Crippen LogP contribution in [0.25, 0.3) is 0 Å². The van der Waals surface area contributed by atoms with Gasteiger partial charge in [0.05, 0.1) is 6.04 Å². The highest BCUT2D eigenvalue weighted by atomic mass is 16.7. The molecule has 0 aliphatic carbocycles. The van der Waals surface area contributed by atoms with Crippen molar-refractivity contribution < 1.29 is 19.5 Å². The van der Waals surface area contributed by atoms with Crippen molar-refractivity contribution in [2.24, 2.45) is 0 Å². The average Bonchev–Trinajstić information content (AvgIpc) is 2.70. The first kappa shape index (κ1) is 12.9. The molecular weight excluding hydrogens is 260 g/mol. The van der Waals surface area contributed by atoms with E-state index in [0.29, 0.717) is 26.0 Å². The van der Waals surface area contributed by atoms with Gasteiger partial charge in [-0.05, 0) is 18.4 Å². The van der Waals surface area contributed by atoms with E-state index in [1.54, 1.807) is 0 Å². The monoisotopic (exact) mass is 276 g/mol. The number of carbonyl (C=O) groups is 2. The first-order chi connectivity index (χ1) is 9.66. The van der Waals surface area contributed by atoms with Gasteiger partial charge in [0.15, 0.2) is 0 Å². The molecule has 2 aliphatic heterocycles. The van der Waals surface area contributed by atoms with Crippen molar-refractivity contribution in [3.8, 4) is 0 Å². The molecule has 2 aliphatic rings. The molecule has 1 aromatic carbocycles. The molecule has 6 nitrogen and oxygen atoms in total. The van der Waals surface area contributed by atoms with Crippen molar-refractivity contribution in [3.63, 3.8) is 0 Å². The van der Waals surface area contributed by atoms with Gasteiger partial charge in [-0.3, -0.25) is 4.84 Å². The maximum atomic E-state index is 12.2. The maximum Gasteiger partial charge on any atom is 0.345 e. The van der Waals surface area contributed by atoms with Gasteiger partial charge in [-0.15, -0.1) is 0 Å². The second kappa shape index (κ2) is 5.13. The third kappa shape index (κ3) is 2.22. The van der Waals surface area contributed by atoms with Crippen molar-refractivity contribution >= 4 is 12.0 Å². The van der Waals surface area contributed by atoms with Crippen molar-refractivity contribution in [1.29, 1.82) is 0 Å². The molecule has 106 valence electrons. The van der Waals surface area contributed by atoms with Crippen LogP contribution < -0.4 is 0 Å². The predicted molar refractivity (Wildman–Crippen MR) is 69.6 cm³/mol. The Morgan fingerprint density at radius 2 is 2.05 bits per heavy atom. The Bertz CT molecular complexity index is 519. The van der Waals surface area contributed by atoms with E-state index >= 15 is 0 Å². The molecule has 2 atom stereocenters. The zero-order chi connectivity index (χ0) is 14.1. The van der Waals surface area contributed by atoms with Gasteiger partial charge in [-0.2, -0.15) is 5.06 Å². The minimum atomic E-state index is -0.943. The summed E-state index contributed by atoms with van der Waals surface area (Å²) in [6.45, 7) is 0.749. The fourth-order valence-electron chi connectivity index (χ4n) is 2.77. The van der Waals surface area contributed by atoms with E-state index in [1.807, 2.05) is 30.3 Å². The van der Waals surface area contributed by atoms with E-state index in [2.05, 4.69) is 0 Å². The van der Waals surface area contributed by atoms with Gasteiger partial charge in [0.2, 0.25) is 0 Å². The number of piperidine rings is 1. The molecule has 2 amide bonds. The number of benzene rings is 1. The number of urea groups is 1. The molecule has 2 fully saturated rings. The van der Waals surface area contributed by atoms with Gasteiger partial charge in [0.1, 0.15) is 12.6 Å². The first-order valence-corrected chi connectivity index (χ1v) is 6.66. The van der Waals surface area contributed by atoms with Crippen molar-refractivity contribution in [2.75, 3.05) is 6.54 Å². The Kier molecular flexibility index (Phi) is 3.31. The average molecular weight is 276 g/mol. The van der Waals surface area contributed by atoms with Crippen molar-refractivity contribution in [3.05, 3.63) is 35.9 Å². The van der Waals surface area contributed by atoms with Crippen LogP contribution in [0.3, 0.4) is 0 Å². The number of carboxylic acid groups (broad SMARTS) is 1. The largest absolute Gasteiger partial charge is 0.480 e. The highest BCUT2D eigenvalue weighted by Gasteiger charge is 2.47. The highest BCUT2D eigenvalue weighted by molar-refractivity contribution is 5.84. The van der Waals surface area contributed by atoms with E-state index in [1.165, 1.54) is 9.96 Å². The zero-order valence-corrected chi connectivity index (χ0v) is 10.9. The lowest BCUT2D eigenvalue weighted by molar-refractivity contribution is -0.143. The number of carbonyl (C=O) groups excluding carboxylic acids is 1. The Labute approximate surface area is 116 Å². The van der Waals surface area contributed by atoms with Crippen LogP contribution in [0.1, 0.15) is 18.4 Å². The van der Waals surface area contributed by atoms with E-state index in [4.69, 9.17) is 9.94 Å². The standard InChI is InChI=1S/C14H16N2O4/c17-13(18)12-7-6-11-8-15(12)14(19)16(11)20-9-10-4-2-1-3-5-10/h1-5,11-12H,6-9H2,(H,17,18)/t11-,12+/m0/s1. The van der Waals surface area contributed by atoms with Crippen LogP contribution in [0.2, 0.25) is 0 Å². The second-order valence-electron chi connectivity index (χ2n) is 5.10. The predicted octanol–water partition coefficient (Wildman–Crippen LogP) is 1.47. The lowest BCUT2D eigenvalue weighted by Gasteiger charge is -2.26. The van der Waals surface area contributed by atoms with Crippen LogP contribution in [0.5, 0.6) is 0 Å². The quantitative estimate of drug-likeness (QED) is 0.904. The zero-order valence-electron chi connectivity index (χ0n) is 10.9. The number of hydrogen-bond donors (Lipinski definition) is 1. The lowest BCUT2D eigenvalue weighted by atomic mass is 10.0. The Hall–Kier alpha value is -2.08. The van der Waals surface area contributed by atoms with Gasteiger partial charge in [0.25, 0.3) is 0 Å². The number of amides is 2. The molecule has 1 N–H and O–H groups in total. The van der Waals surface area contributed by atoms with E-state index in [9.17, 15) is 9.59 Å². The van der Waals surface area contributed by atoms with Crippen LogP contribution in [-0.2, 0) is 16.2 Å². The van der Waals surface area contributed by atoms with E-state index in [-0.39, 0.29) is 12.1 Å². The SMILES string of the molecule is O=C(O)[C@H]1CC[C@H]2CN1C(=O)N2OCc1ccccc1. The fourth-order valence-corrected chi connectivity index (χ4v) is 2.77. The summed E-state index contributed by atoms with van der Waals surface area (Å²) in [7, 11) is 0. The van der Waals surface area contributed by atoms with E-state index in [0.717, 1.165) is 5.56 Å². The van der Waals surface area contributed by atoms with E-state index < -0.39 is 12.0 Å². The summed E-state index contributed by atoms with van der Waals surface area (Å²) < 4.78 is 0. The molecule has 0 saturated carbocycles. The van der Waals surface area contributed by atoms with Gasteiger partial charge in [-0.25, -0.2) is 9.59 Å². The number of nitrogens with zero attached hydrogens (tertiary/aromatic N) is 2. The Morgan fingerprint density at radius 3 is 2.75 bits per heavy atom. The molecule has 2 bridgehead atoms. The second-order valence-corrected chi connectivity index (χ2v) is 5.10. The third-order valence-corrected chi connectivity index (χ3v) is 3.82. The number of rotatable bonds is 4. The minimum absolute atomic E-state index is 0.0400. The summed E-state index contributed by atoms with van der Waals surface area (Å²) >= 11 is 0.